The summed E-state index contributed by atoms with van der Waals surface area (Å²) >= 11 is 0. The number of rotatable bonds is 3. The topological polar surface area (TPSA) is 81.3 Å². The Morgan fingerprint density at radius 1 is 1.17 bits per heavy atom. The van der Waals surface area contributed by atoms with Crippen molar-refractivity contribution in [2.24, 2.45) is 0 Å². The number of piperazine rings is 1. The van der Waals surface area contributed by atoms with Gasteiger partial charge >= 0.3 is 6.03 Å². The lowest BCUT2D eigenvalue weighted by molar-refractivity contribution is 0.141. The number of anilines is 1. The Hall–Kier alpha value is -3.26. The Morgan fingerprint density at radius 3 is 2.72 bits per heavy atom. The van der Waals surface area contributed by atoms with Crippen molar-refractivity contribution < 1.29 is 9.18 Å². The van der Waals surface area contributed by atoms with E-state index in [9.17, 15) is 14.0 Å². The van der Waals surface area contributed by atoms with Crippen LogP contribution in [0.2, 0.25) is 0 Å². The van der Waals surface area contributed by atoms with Crippen LogP contribution in [-0.2, 0) is 6.54 Å². The Bertz CT molecular complexity index is 1110. The zero-order valence-corrected chi connectivity index (χ0v) is 16.1. The monoisotopic (exact) mass is 395 g/mol. The highest BCUT2D eigenvalue weighted by atomic mass is 19.1. The minimum Gasteiger partial charge on any atom is -0.322 e. The Morgan fingerprint density at radius 2 is 1.93 bits per heavy atom. The van der Waals surface area contributed by atoms with Gasteiger partial charge in [-0.25, -0.2) is 14.2 Å². The Balaban J connectivity index is 1.36. The fourth-order valence-corrected chi connectivity index (χ4v) is 3.45. The molecular weight excluding hydrogens is 373 g/mol. The predicted octanol–water partition coefficient (Wildman–Crippen LogP) is 2.72. The SMILES string of the molecule is Cc1ccc(F)cc1NC(=O)N1CCN(Cc2nc3ccccc3c(=O)[nH]2)CC1. The van der Waals surface area contributed by atoms with E-state index in [-0.39, 0.29) is 17.4 Å². The second-order valence-corrected chi connectivity index (χ2v) is 7.18. The van der Waals surface area contributed by atoms with E-state index in [1.165, 1.54) is 12.1 Å². The second-order valence-electron chi connectivity index (χ2n) is 7.18. The van der Waals surface area contributed by atoms with Gasteiger partial charge in [-0.2, -0.15) is 0 Å². The molecule has 4 rings (SSSR count). The van der Waals surface area contributed by atoms with E-state index in [1.54, 1.807) is 17.0 Å². The van der Waals surface area contributed by atoms with E-state index >= 15 is 0 Å². The van der Waals surface area contributed by atoms with Crippen LogP contribution in [0.15, 0.2) is 47.3 Å². The summed E-state index contributed by atoms with van der Waals surface area (Å²) in [4.78, 5) is 35.9. The number of amides is 2. The molecule has 0 radical (unpaired) electrons. The number of para-hydroxylation sites is 1. The van der Waals surface area contributed by atoms with Gasteiger partial charge in [-0.15, -0.1) is 0 Å². The number of halogens is 1. The zero-order valence-electron chi connectivity index (χ0n) is 16.1. The fourth-order valence-electron chi connectivity index (χ4n) is 3.45. The minimum atomic E-state index is -0.382. The van der Waals surface area contributed by atoms with Gasteiger partial charge in [0.1, 0.15) is 11.6 Å². The molecule has 2 amide bonds. The van der Waals surface area contributed by atoms with Gasteiger partial charge in [-0.3, -0.25) is 9.69 Å². The number of hydrogen-bond donors (Lipinski definition) is 2. The molecule has 0 atom stereocenters. The zero-order chi connectivity index (χ0) is 20.4. The average molecular weight is 395 g/mol. The van der Waals surface area contributed by atoms with Crippen molar-refractivity contribution in [3.63, 3.8) is 0 Å². The maximum Gasteiger partial charge on any atom is 0.321 e. The van der Waals surface area contributed by atoms with Gasteiger partial charge in [-0.05, 0) is 36.8 Å². The Kier molecular flexibility index (Phi) is 5.26. The molecule has 8 heteroatoms. The molecule has 7 nitrogen and oxygen atoms in total. The summed E-state index contributed by atoms with van der Waals surface area (Å²) in [6, 6.07) is 11.3. The van der Waals surface area contributed by atoms with Crippen LogP contribution < -0.4 is 10.9 Å². The van der Waals surface area contributed by atoms with Crippen LogP contribution in [0.1, 0.15) is 11.4 Å². The molecule has 2 heterocycles. The van der Waals surface area contributed by atoms with Crippen molar-refractivity contribution in [2.45, 2.75) is 13.5 Å². The maximum atomic E-state index is 13.4. The molecule has 1 aliphatic rings. The normalized spacial score (nSPS) is 14.9. The van der Waals surface area contributed by atoms with Crippen LogP contribution in [-0.4, -0.2) is 52.0 Å². The number of hydrogen-bond acceptors (Lipinski definition) is 4. The maximum absolute atomic E-state index is 13.4. The molecule has 1 aliphatic heterocycles. The molecule has 2 N–H and O–H groups in total. The molecule has 0 aliphatic carbocycles. The first kappa shape index (κ1) is 19.1. The van der Waals surface area contributed by atoms with E-state index in [2.05, 4.69) is 20.2 Å². The van der Waals surface area contributed by atoms with Crippen LogP contribution in [0.4, 0.5) is 14.9 Å². The summed E-state index contributed by atoms with van der Waals surface area (Å²) in [6.07, 6.45) is 0. The molecule has 0 spiro atoms. The third-order valence-corrected chi connectivity index (χ3v) is 5.14. The molecule has 1 aromatic heterocycles. The third kappa shape index (κ3) is 4.27. The van der Waals surface area contributed by atoms with Gasteiger partial charge in [0, 0.05) is 31.9 Å². The van der Waals surface area contributed by atoms with Crippen molar-refractivity contribution in [3.05, 3.63) is 70.0 Å². The largest absolute Gasteiger partial charge is 0.322 e. The number of carbonyl (C=O) groups excluding carboxylic acids is 1. The molecule has 3 aromatic rings. The number of benzene rings is 2. The molecule has 0 unspecified atom stereocenters. The number of nitrogens with one attached hydrogen (secondary N) is 2. The summed E-state index contributed by atoms with van der Waals surface area (Å²) in [5.74, 6) is 0.231. The van der Waals surface area contributed by atoms with Crippen LogP contribution in [0, 0.1) is 12.7 Å². The molecular formula is C21H22FN5O2. The number of fused-ring (bicyclic) bond motifs is 1. The second kappa shape index (κ2) is 8.00. The molecule has 29 heavy (non-hydrogen) atoms. The summed E-state index contributed by atoms with van der Waals surface area (Å²) in [7, 11) is 0. The van der Waals surface area contributed by atoms with E-state index in [0.717, 1.165) is 5.56 Å². The summed E-state index contributed by atoms with van der Waals surface area (Å²) in [6.45, 7) is 4.73. The van der Waals surface area contributed by atoms with Gasteiger partial charge < -0.3 is 15.2 Å². The van der Waals surface area contributed by atoms with Gasteiger partial charge in [0.2, 0.25) is 0 Å². The minimum absolute atomic E-state index is 0.144. The lowest BCUT2D eigenvalue weighted by Crippen LogP contribution is -2.49. The van der Waals surface area contributed by atoms with Crippen LogP contribution in [0.5, 0.6) is 0 Å². The summed E-state index contributed by atoms with van der Waals surface area (Å²) in [5, 5.41) is 3.36. The number of H-pyrrole nitrogens is 1. The van der Waals surface area contributed by atoms with Gasteiger partial charge in [0.25, 0.3) is 5.56 Å². The van der Waals surface area contributed by atoms with Gasteiger partial charge in [-0.1, -0.05) is 18.2 Å². The molecule has 150 valence electrons. The standard InChI is InChI=1S/C21H22FN5O2/c1-14-6-7-15(22)12-18(14)24-21(29)27-10-8-26(9-11-27)13-19-23-17-5-3-2-4-16(17)20(28)25-19/h2-7,12H,8-11,13H2,1H3,(H,24,29)(H,23,25,28). The van der Waals surface area contributed by atoms with Crippen molar-refractivity contribution >= 4 is 22.6 Å². The van der Waals surface area contributed by atoms with E-state index in [4.69, 9.17) is 0 Å². The lowest BCUT2D eigenvalue weighted by Gasteiger charge is -2.34. The highest BCUT2D eigenvalue weighted by Gasteiger charge is 2.22. The average Bonchev–Trinajstić information content (AvgIpc) is 2.71. The van der Waals surface area contributed by atoms with Crippen molar-refractivity contribution in [2.75, 3.05) is 31.5 Å². The fraction of sp³-hybridized carbons (Fsp3) is 0.286. The first-order chi connectivity index (χ1) is 14.0. The highest BCUT2D eigenvalue weighted by Crippen LogP contribution is 2.17. The van der Waals surface area contributed by atoms with Crippen LogP contribution in [0.3, 0.4) is 0 Å². The first-order valence-electron chi connectivity index (χ1n) is 9.52. The first-order valence-corrected chi connectivity index (χ1v) is 9.52. The van der Waals surface area contributed by atoms with Gasteiger partial charge in [0.05, 0.1) is 17.4 Å². The Labute approximate surface area is 167 Å². The summed E-state index contributed by atoms with van der Waals surface area (Å²) in [5.41, 5.74) is 1.82. The van der Waals surface area contributed by atoms with Gasteiger partial charge in [0.15, 0.2) is 0 Å². The number of carbonyl (C=O) groups is 1. The van der Waals surface area contributed by atoms with Crippen molar-refractivity contribution in [3.8, 4) is 0 Å². The highest BCUT2D eigenvalue weighted by molar-refractivity contribution is 5.90. The quantitative estimate of drug-likeness (QED) is 0.715. The van der Waals surface area contributed by atoms with E-state index in [1.807, 2.05) is 25.1 Å². The number of aromatic nitrogens is 2. The number of urea groups is 1. The number of aromatic amines is 1. The van der Waals surface area contributed by atoms with Crippen molar-refractivity contribution in [1.29, 1.82) is 0 Å². The third-order valence-electron chi connectivity index (χ3n) is 5.14. The molecule has 1 saturated heterocycles. The summed E-state index contributed by atoms with van der Waals surface area (Å²) < 4.78 is 13.4. The smallest absolute Gasteiger partial charge is 0.321 e. The molecule has 0 bridgehead atoms. The van der Waals surface area contributed by atoms with E-state index < -0.39 is 0 Å². The molecule has 2 aromatic carbocycles. The van der Waals surface area contributed by atoms with E-state index in [0.29, 0.717) is 55.1 Å². The lowest BCUT2D eigenvalue weighted by atomic mass is 10.2. The van der Waals surface area contributed by atoms with Crippen molar-refractivity contribution in [1.82, 2.24) is 19.8 Å². The van der Waals surface area contributed by atoms with Crippen LogP contribution >= 0.6 is 0 Å². The molecule has 0 saturated carbocycles. The number of aryl methyl sites for hydroxylation is 1. The predicted molar refractivity (Wildman–Crippen MR) is 109 cm³/mol. The molecule has 1 fully saturated rings. The number of nitrogens with zero attached hydrogens (tertiary/aromatic N) is 3. The van der Waals surface area contributed by atoms with Crippen LogP contribution in [0.25, 0.3) is 10.9 Å².